The predicted octanol–water partition coefficient (Wildman–Crippen LogP) is 1.80. The van der Waals surface area contributed by atoms with Gasteiger partial charge in [0.05, 0.1) is 12.5 Å². The zero-order chi connectivity index (χ0) is 16.2. The number of carboxylic acids is 1. The molecule has 3 atom stereocenters. The lowest BCUT2D eigenvalue weighted by atomic mass is 9.61. The van der Waals surface area contributed by atoms with E-state index in [2.05, 4.69) is 5.32 Å². The topological polar surface area (TPSA) is 78.9 Å². The summed E-state index contributed by atoms with van der Waals surface area (Å²) < 4.78 is 4.96. The molecule has 21 heavy (non-hydrogen) atoms. The van der Waals surface area contributed by atoms with Crippen LogP contribution in [-0.2, 0) is 9.53 Å². The third-order valence-corrected chi connectivity index (χ3v) is 5.03. The summed E-state index contributed by atoms with van der Waals surface area (Å²) in [6.45, 7) is 7.00. The molecule has 0 saturated heterocycles. The van der Waals surface area contributed by atoms with Crippen LogP contribution in [0.2, 0.25) is 0 Å². The highest BCUT2D eigenvalue weighted by Gasteiger charge is 2.46. The Labute approximate surface area is 126 Å². The number of urea groups is 1. The number of aliphatic carboxylic acids is 1. The molecule has 1 aliphatic rings. The molecule has 1 aliphatic carbocycles. The summed E-state index contributed by atoms with van der Waals surface area (Å²) in [6.07, 6.45) is 1.30. The van der Waals surface area contributed by atoms with E-state index in [-0.39, 0.29) is 29.3 Å². The Balaban J connectivity index is 2.66. The maximum absolute atomic E-state index is 12.1. The van der Waals surface area contributed by atoms with E-state index in [4.69, 9.17) is 4.74 Å². The lowest BCUT2D eigenvalue weighted by Gasteiger charge is -2.46. The maximum Gasteiger partial charge on any atom is 0.317 e. The van der Waals surface area contributed by atoms with Crippen LogP contribution in [0.4, 0.5) is 4.79 Å². The lowest BCUT2D eigenvalue weighted by molar-refractivity contribution is -0.150. The molecule has 122 valence electrons. The van der Waals surface area contributed by atoms with Crippen molar-refractivity contribution < 1.29 is 19.4 Å². The molecule has 0 aromatic heterocycles. The molecule has 0 aromatic rings. The van der Waals surface area contributed by atoms with Crippen LogP contribution in [0.3, 0.4) is 0 Å². The molecule has 0 bridgehead atoms. The quantitative estimate of drug-likeness (QED) is 0.811. The minimum Gasteiger partial charge on any atom is -0.481 e. The van der Waals surface area contributed by atoms with Gasteiger partial charge in [0.25, 0.3) is 0 Å². The van der Waals surface area contributed by atoms with Crippen molar-refractivity contribution >= 4 is 12.0 Å². The Kier molecular flexibility index (Phi) is 6.01. The number of hydrogen-bond acceptors (Lipinski definition) is 3. The van der Waals surface area contributed by atoms with Gasteiger partial charge in [0.1, 0.15) is 0 Å². The Morgan fingerprint density at radius 2 is 2.00 bits per heavy atom. The van der Waals surface area contributed by atoms with Crippen molar-refractivity contribution in [2.45, 2.75) is 39.7 Å². The van der Waals surface area contributed by atoms with Gasteiger partial charge in [-0.15, -0.1) is 0 Å². The van der Waals surface area contributed by atoms with Crippen LogP contribution in [0.15, 0.2) is 0 Å². The van der Waals surface area contributed by atoms with Gasteiger partial charge in [0, 0.05) is 26.7 Å². The summed E-state index contributed by atoms with van der Waals surface area (Å²) in [5.41, 5.74) is -0.340. The molecule has 3 unspecified atom stereocenters. The first-order chi connectivity index (χ1) is 9.71. The summed E-state index contributed by atoms with van der Waals surface area (Å²) in [5, 5.41) is 12.4. The number of likely N-dealkylation sites (N-methyl/N-ethyl adjacent to an activating group) is 1. The summed E-state index contributed by atoms with van der Waals surface area (Å²) in [4.78, 5) is 25.1. The fourth-order valence-corrected chi connectivity index (χ4v) is 3.04. The van der Waals surface area contributed by atoms with Gasteiger partial charge >= 0.3 is 12.0 Å². The molecule has 0 heterocycles. The molecular weight excluding hydrogens is 272 g/mol. The van der Waals surface area contributed by atoms with Gasteiger partial charge in [0.2, 0.25) is 0 Å². The minimum absolute atomic E-state index is 0.00750. The first-order valence-electron chi connectivity index (χ1n) is 7.45. The Morgan fingerprint density at radius 3 is 2.52 bits per heavy atom. The SMILES string of the molecule is COCCN(C)C(=O)NC1CCC(C(=O)O)C(C)(C)C1C. The predicted molar refractivity (Wildman–Crippen MR) is 80.1 cm³/mol. The molecule has 6 heteroatoms. The van der Waals surface area contributed by atoms with Gasteiger partial charge in [-0.1, -0.05) is 20.8 Å². The molecule has 2 N–H and O–H groups in total. The smallest absolute Gasteiger partial charge is 0.317 e. The second kappa shape index (κ2) is 7.11. The number of amides is 2. The van der Waals surface area contributed by atoms with Gasteiger partial charge < -0.3 is 20.1 Å². The number of hydrogen-bond donors (Lipinski definition) is 2. The van der Waals surface area contributed by atoms with Gasteiger partial charge in [-0.3, -0.25) is 4.79 Å². The van der Waals surface area contributed by atoms with Crippen molar-refractivity contribution in [2.75, 3.05) is 27.3 Å². The summed E-state index contributed by atoms with van der Waals surface area (Å²) in [5.74, 6) is -0.993. The van der Waals surface area contributed by atoms with Crippen molar-refractivity contribution in [2.24, 2.45) is 17.3 Å². The highest BCUT2D eigenvalue weighted by Crippen LogP contribution is 2.45. The van der Waals surface area contributed by atoms with Crippen molar-refractivity contribution in [3.63, 3.8) is 0 Å². The Hall–Kier alpha value is -1.30. The molecule has 0 spiro atoms. The monoisotopic (exact) mass is 300 g/mol. The molecule has 6 nitrogen and oxygen atoms in total. The van der Waals surface area contributed by atoms with E-state index < -0.39 is 5.97 Å². The summed E-state index contributed by atoms with van der Waals surface area (Å²) in [6, 6.07) is -0.124. The fourth-order valence-electron chi connectivity index (χ4n) is 3.04. The van der Waals surface area contributed by atoms with Crippen molar-refractivity contribution in [3.05, 3.63) is 0 Å². The van der Waals surface area contributed by atoms with Crippen molar-refractivity contribution in [1.82, 2.24) is 10.2 Å². The molecule has 1 fully saturated rings. The first-order valence-corrected chi connectivity index (χ1v) is 7.45. The van der Waals surface area contributed by atoms with Crippen LogP contribution >= 0.6 is 0 Å². The Bertz CT molecular complexity index is 384. The highest BCUT2D eigenvalue weighted by molar-refractivity contribution is 5.74. The third-order valence-electron chi connectivity index (χ3n) is 5.03. The zero-order valence-corrected chi connectivity index (χ0v) is 13.7. The average Bonchev–Trinajstić information content (AvgIpc) is 2.40. The van der Waals surface area contributed by atoms with E-state index in [1.807, 2.05) is 20.8 Å². The number of methoxy groups -OCH3 is 1. The van der Waals surface area contributed by atoms with Crippen molar-refractivity contribution in [1.29, 1.82) is 0 Å². The number of nitrogens with one attached hydrogen (secondary N) is 1. The van der Waals surface area contributed by atoms with Crippen LogP contribution in [0.5, 0.6) is 0 Å². The zero-order valence-electron chi connectivity index (χ0n) is 13.7. The molecule has 0 aromatic carbocycles. The van der Waals surface area contributed by atoms with E-state index >= 15 is 0 Å². The van der Waals surface area contributed by atoms with Crippen LogP contribution in [-0.4, -0.2) is 55.4 Å². The molecule has 2 amide bonds. The number of carboxylic acid groups (broad SMARTS) is 1. The maximum atomic E-state index is 12.1. The van der Waals surface area contributed by atoms with Crippen LogP contribution in [0.1, 0.15) is 33.6 Å². The first kappa shape index (κ1) is 17.8. The van der Waals surface area contributed by atoms with E-state index in [1.165, 1.54) is 0 Å². The lowest BCUT2D eigenvalue weighted by Crippen LogP contribution is -2.54. The second-order valence-electron chi connectivity index (χ2n) is 6.55. The number of rotatable bonds is 5. The Morgan fingerprint density at radius 1 is 1.38 bits per heavy atom. The van der Waals surface area contributed by atoms with Gasteiger partial charge in [0.15, 0.2) is 0 Å². The third kappa shape index (κ3) is 4.09. The number of carbonyl (C=O) groups excluding carboxylic acids is 1. The fraction of sp³-hybridized carbons (Fsp3) is 0.867. The molecular formula is C15H28N2O4. The average molecular weight is 300 g/mol. The number of ether oxygens (including phenoxy) is 1. The van der Waals surface area contributed by atoms with E-state index in [9.17, 15) is 14.7 Å². The van der Waals surface area contributed by atoms with Crippen molar-refractivity contribution in [3.8, 4) is 0 Å². The van der Waals surface area contributed by atoms with Crippen LogP contribution in [0.25, 0.3) is 0 Å². The molecule has 1 saturated carbocycles. The normalized spacial score (nSPS) is 28.0. The summed E-state index contributed by atoms with van der Waals surface area (Å²) in [7, 11) is 3.33. The highest BCUT2D eigenvalue weighted by atomic mass is 16.5. The van der Waals surface area contributed by atoms with Crippen LogP contribution in [0, 0.1) is 17.3 Å². The molecule has 1 rings (SSSR count). The van der Waals surface area contributed by atoms with Gasteiger partial charge in [-0.2, -0.15) is 0 Å². The van der Waals surface area contributed by atoms with E-state index in [0.29, 0.717) is 26.0 Å². The molecule has 0 aliphatic heterocycles. The van der Waals surface area contributed by atoms with Crippen LogP contribution < -0.4 is 5.32 Å². The minimum atomic E-state index is -0.742. The number of carbonyl (C=O) groups is 2. The molecule has 0 radical (unpaired) electrons. The largest absolute Gasteiger partial charge is 0.481 e. The standard InChI is InChI=1S/C15H28N2O4/c1-10-12(16-14(20)17(4)8-9-21-5)7-6-11(13(18)19)15(10,2)3/h10-12H,6-9H2,1-5H3,(H,16,20)(H,18,19). The van der Waals surface area contributed by atoms with Gasteiger partial charge in [-0.25, -0.2) is 4.79 Å². The number of nitrogens with zero attached hydrogens (tertiary/aromatic N) is 1. The second-order valence-corrected chi connectivity index (χ2v) is 6.55. The van der Waals surface area contributed by atoms with E-state index in [1.54, 1.807) is 19.1 Å². The summed E-state index contributed by atoms with van der Waals surface area (Å²) >= 11 is 0. The van der Waals surface area contributed by atoms with E-state index in [0.717, 1.165) is 0 Å². The van der Waals surface area contributed by atoms with Gasteiger partial charge in [-0.05, 0) is 24.2 Å².